The average Bonchev–Trinajstić information content (AvgIpc) is 1.69. The second-order valence-corrected chi connectivity index (χ2v) is 1.89. The van der Waals surface area contributed by atoms with Crippen LogP contribution in [-0.4, -0.2) is 19.4 Å². The van der Waals surface area contributed by atoms with Crippen LogP contribution in [0.5, 0.6) is 0 Å². The molecule has 0 bridgehead atoms. The van der Waals surface area contributed by atoms with Crippen LogP contribution in [-0.2, 0) is 4.18 Å². The van der Waals surface area contributed by atoms with Crippen LogP contribution in [0.3, 0.4) is 0 Å². The van der Waals surface area contributed by atoms with Crippen LogP contribution in [0, 0.1) is 0 Å². The van der Waals surface area contributed by atoms with Crippen molar-refractivity contribution >= 4 is 24.9 Å². The van der Waals surface area contributed by atoms with Gasteiger partial charge < -0.3 is 4.18 Å². The molecule has 0 heterocycles. The molecule has 0 radical (unpaired) electrons. The van der Waals surface area contributed by atoms with Gasteiger partial charge in [-0.25, -0.2) is 0 Å². The molecular formula is C3H9NOS2. The molecule has 0 spiro atoms. The molecule has 0 aromatic heterocycles. The smallest absolute Gasteiger partial charge is 0.0744 e. The molecule has 0 aliphatic rings. The average molecular weight is 139 g/mol. The van der Waals surface area contributed by atoms with Crippen LogP contribution in [0.1, 0.15) is 0 Å². The first-order chi connectivity index (χ1) is 3.41. The van der Waals surface area contributed by atoms with Crippen LogP contribution >= 0.6 is 24.9 Å². The van der Waals surface area contributed by atoms with E-state index in [4.69, 9.17) is 0 Å². The Morgan fingerprint density at radius 2 is 2.57 bits per heavy atom. The van der Waals surface area contributed by atoms with Gasteiger partial charge in [0.05, 0.1) is 6.61 Å². The third-order valence-electron chi connectivity index (χ3n) is 0.440. The van der Waals surface area contributed by atoms with Crippen LogP contribution in [0.15, 0.2) is 0 Å². The molecule has 0 unspecified atom stereocenters. The quantitative estimate of drug-likeness (QED) is 0.259. The standard InChI is InChI=1S/C3H9NOS2/c1-7-4-2-3-5-6/h4,6H,2-3H2,1H3. The van der Waals surface area contributed by atoms with Crippen molar-refractivity contribution in [2.75, 3.05) is 19.4 Å². The van der Waals surface area contributed by atoms with Gasteiger partial charge in [-0.05, 0) is 19.2 Å². The van der Waals surface area contributed by atoms with E-state index >= 15 is 0 Å². The summed E-state index contributed by atoms with van der Waals surface area (Å²) in [6.45, 7) is 1.51. The van der Waals surface area contributed by atoms with Crippen LogP contribution in [0.4, 0.5) is 0 Å². The zero-order valence-electron chi connectivity index (χ0n) is 4.18. The summed E-state index contributed by atoms with van der Waals surface area (Å²) < 4.78 is 7.45. The molecule has 0 fully saturated rings. The lowest BCUT2D eigenvalue weighted by Gasteiger charge is -1.94. The minimum Gasteiger partial charge on any atom is -0.317 e. The fraction of sp³-hybridized carbons (Fsp3) is 1.00. The van der Waals surface area contributed by atoms with Crippen molar-refractivity contribution in [3.63, 3.8) is 0 Å². The Kier molecular flexibility index (Phi) is 7.21. The molecule has 0 aromatic carbocycles. The molecule has 0 aromatic rings. The van der Waals surface area contributed by atoms with Gasteiger partial charge in [-0.2, -0.15) is 0 Å². The maximum absolute atomic E-state index is 4.46. The van der Waals surface area contributed by atoms with Crippen LogP contribution in [0.2, 0.25) is 0 Å². The zero-order chi connectivity index (χ0) is 5.54. The summed E-state index contributed by atoms with van der Waals surface area (Å²) in [4.78, 5) is 0. The number of hydrogen-bond acceptors (Lipinski definition) is 4. The monoisotopic (exact) mass is 139 g/mol. The molecular weight excluding hydrogens is 130 g/mol. The topological polar surface area (TPSA) is 21.3 Å². The summed E-state index contributed by atoms with van der Waals surface area (Å²) in [6, 6.07) is 0. The predicted octanol–water partition coefficient (Wildman–Crippen LogP) is 0.715. The number of thiol groups is 1. The van der Waals surface area contributed by atoms with E-state index in [1.165, 1.54) is 0 Å². The number of rotatable bonds is 4. The predicted molar refractivity (Wildman–Crippen MR) is 36.5 cm³/mol. The van der Waals surface area contributed by atoms with Gasteiger partial charge in [0, 0.05) is 6.54 Å². The molecule has 0 rings (SSSR count). The lowest BCUT2D eigenvalue weighted by atomic mass is 10.8. The van der Waals surface area contributed by atoms with Gasteiger partial charge in [0.2, 0.25) is 0 Å². The molecule has 2 nitrogen and oxygen atoms in total. The van der Waals surface area contributed by atoms with E-state index in [1.807, 2.05) is 6.26 Å². The second-order valence-electron chi connectivity index (χ2n) is 0.932. The van der Waals surface area contributed by atoms with Gasteiger partial charge in [-0.1, -0.05) is 11.9 Å². The lowest BCUT2D eigenvalue weighted by Crippen LogP contribution is -2.08. The fourth-order valence-electron chi connectivity index (χ4n) is 0.189. The molecule has 44 valence electrons. The number of nitrogens with one attached hydrogen (secondary N) is 1. The molecule has 4 heteroatoms. The summed E-state index contributed by atoms with van der Waals surface area (Å²) >= 11 is 5.12. The highest BCUT2D eigenvalue weighted by molar-refractivity contribution is 7.96. The Morgan fingerprint density at radius 1 is 1.86 bits per heavy atom. The Hall–Kier alpha value is 0.620. The van der Waals surface area contributed by atoms with E-state index in [0.717, 1.165) is 6.54 Å². The van der Waals surface area contributed by atoms with Crippen LogP contribution < -0.4 is 4.72 Å². The zero-order valence-corrected chi connectivity index (χ0v) is 5.89. The summed E-state index contributed by atoms with van der Waals surface area (Å²) in [5.74, 6) is 0. The minimum atomic E-state index is 0.657. The third-order valence-corrected chi connectivity index (χ3v) is 1.12. The normalized spacial score (nSPS) is 9.43. The van der Waals surface area contributed by atoms with E-state index in [1.54, 1.807) is 11.9 Å². The first-order valence-corrected chi connectivity index (χ1v) is 3.53. The van der Waals surface area contributed by atoms with Crippen molar-refractivity contribution < 1.29 is 4.18 Å². The van der Waals surface area contributed by atoms with Gasteiger partial charge in [-0.3, -0.25) is 4.72 Å². The lowest BCUT2D eigenvalue weighted by molar-refractivity contribution is 0.389. The maximum atomic E-state index is 4.46. The van der Waals surface area contributed by atoms with Crippen molar-refractivity contribution in [1.82, 2.24) is 4.72 Å². The van der Waals surface area contributed by atoms with Gasteiger partial charge in [0.25, 0.3) is 0 Å². The molecule has 0 saturated carbocycles. The Morgan fingerprint density at radius 3 is 3.00 bits per heavy atom. The molecule has 0 saturated heterocycles. The Bertz CT molecular complexity index is 32.1. The fourth-order valence-corrected chi connectivity index (χ4v) is 0.568. The van der Waals surface area contributed by atoms with Gasteiger partial charge in [0.15, 0.2) is 0 Å². The molecule has 0 atom stereocenters. The van der Waals surface area contributed by atoms with Crippen LogP contribution in [0.25, 0.3) is 0 Å². The summed E-state index contributed by atoms with van der Waals surface area (Å²) in [7, 11) is 0. The minimum absolute atomic E-state index is 0.657. The summed E-state index contributed by atoms with van der Waals surface area (Å²) in [5, 5.41) is 0. The summed E-state index contributed by atoms with van der Waals surface area (Å²) in [6.07, 6.45) is 1.97. The first kappa shape index (κ1) is 7.62. The van der Waals surface area contributed by atoms with Crippen molar-refractivity contribution in [2.45, 2.75) is 0 Å². The maximum Gasteiger partial charge on any atom is 0.0744 e. The summed E-state index contributed by atoms with van der Waals surface area (Å²) in [5.41, 5.74) is 0. The second kappa shape index (κ2) is 6.62. The molecule has 1 N–H and O–H groups in total. The largest absolute Gasteiger partial charge is 0.317 e. The van der Waals surface area contributed by atoms with E-state index < -0.39 is 0 Å². The molecule has 0 amide bonds. The molecule has 0 aliphatic heterocycles. The van der Waals surface area contributed by atoms with Gasteiger partial charge in [-0.15, -0.1) is 0 Å². The van der Waals surface area contributed by atoms with Crippen molar-refractivity contribution in [2.24, 2.45) is 0 Å². The van der Waals surface area contributed by atoms with E-state index in [9.17, 15) is 0 Å². The van der Waals surface area contributed by atoms with Crippen molar-refractivity contribution in [3.8, 4) is 0 Å². The SMILES string of the molecule is CSNCCOS. The Balaban J connectivity index is 2.45. The Labute approximate surface area is 53.8 Å². The van der Waals surface area contributed by atoms with E-state index in [-0.39, 0.29) is 0 Å². The van der Waals surface area contributed by atoms with E-state index in [2.05, 4.69) is 21.8 Å². The third kappa shape index (κ3) is 6.62. The van der Waals surface area contributed by atoms with Gasteiger partial charge in [0.1, 0.15) is 0 Å². The van der Waals surface area contributed by atoms with Gasteiger partial charge >= 0.3 is 0 Å². The van der Waals surface area contributed by atoms with Crippen molar-refractivity contribution in [3.05, 3.63) is 0 Å². The van der Waals surface area contributed by atoms with E-state index in [0.29, 0.717) is 6.61 Å². The first-order valence-electron chi connectivity index (χ1n) is 1.94. The highest BCUT2D eigenvalue weighted by Crippen LogP contribution is 1.81. The molecule has 0 aliphatic carbocycles. The number of hydrogen-bond donors (Lipinski definition) is 2. The molecule has 7 heavy (non-hydrogen) atoms. The highest BCUT2D eigenvalue weighted by Gasteiger charge is 1.78. The van der Waals surface area contributed by atoms with Crippen molar-refractivity contribution in [1.29, 1.82) is 0 Å². The highest BCUT2D eigenvalue weighted by atomic mass is 32.2.